The Bertz CT molecular complexity index is 298. The lowest BCUT2D eigenvalue weighted by molar-refractivity contribution is 0.00219. The summed E-state index contributed by atoms with van der Waals surface area (Å²) in [7, 11) is 1.64. The van der Waals surface area contributed by atoms with Crippen molar-refractivity contribution in [3.63, 3.8) is 0 Å². The third kappa shape index (κ3) is 5.37. The van der Waals surface area contributed by atoms with E-state index in [2.05, 4.69) is 0 Å². The van der Waals surface area contributed by atoms with Crippen LogP contribution < -0.4 is 0 Å². The van der Waals surface area contributed by atoms with E-state index >= 15 is 0 Å². The minimum Gasteiger partial charge on any atom is -0.444 e. The van der Waals surface area contributed by atoms with Gasteiger partial charge in [0.2, 0.25) is 0 Å². The van der Waals surface area contributed by atoms with Gasteiger partial charge in [0.05, 0.1) is 31.4 Å². The van der Waals surface area contributed by atoms with Crippen molar-refractivity contribution in [1.82, 2.24) is 4.90 Å². The monoisotopic (exact) mass is 273 g/mol. The highest BCUT2D eigenvalue weighted by atomic mass is 16.6. The van der Waals surface area contributed by atoms with Crippen LogP contribution in [0.4, 0.5) is 4.79 Å². The summed E-state index contributed by atoms with van der Waals surface area (Å²) in [6, 6.07) is 0.0311. The SMILES string of the molecule is COCC1CC(OC(C)C)CN1C(=O)OC(C)(C)C. The lowest BCUT2D eigenvalue weighted by atomic mass is 10.2. The Morgan fingerprint density at radius 2 is 2.00 bits per heavy atom. The van der Waals surface area contributed by atoms with Crippen molar-refractivity contribution in [1.29, 1.82) is 0 Å². The molecular formula is C14H27NO4. The molecule has 0 aromatic rings. The Hall–Kier alpha value is -0.810. The molecule has 1 heterocycles. The van der Waals surface area contributed by atoms with Crippen molar-refractivity contribution in [3.05, 3.63) is 0 Å². The summed E-state index contributed by atoms with van der Waals surface area (Å²) < 4.78 is 16.4. The van der Waals surface area contributed by atoms with E-state index in [1.165, 1.54) is 0 Å². The summed E-state index contributed by atoms with van der Waals surface area (Å²) in [6.45, 7) is 10.7. The fraction of sp³-hybridized carbons (Fsp3) is 0.929. The van der Waals surface area contributed by atoms with Gasteiger partial charge in [-0.3, -0.25) is 0 Å². The zero-order chi connectivity index (χ0) is 14.6. The van der Waals surface area contributed by atoms with Gasteiger partial charge in [0.1, 0.15) is 5.60 Å². The average Bonchev–Trinajstić information content (AvgIpc) is 2.58. The summed E-state index contributed by atoms with van der Waals surface area (Å²) in [5.41, 5.74) is -0.480. The molecule has 1 fully saturated rings. The third-order valence-corrected chi connectivity index (χ3v) is 2.83. The predicted molar refractivity (Wildman–Crippen MR) is 73.2 cm³/mol. The Kier molecular flexibility index (Phi) is 5.62. The largest absolute Gasteiger partial charge is 0.444 e. The molecule has 0 aromatic carbocycles. The molecule has 1 amide bonds. The van der Waals surface area contributed by atoms with Crippen LogP contribution in [-0.4, -0.2) is 55.1 Å². The van der Waals surface area contributed by atoms with E-state index in [9.17, 15) is 4.79 Å². The van der Waals surface area contributed by atoms with Gasteiger partial charge < -0.3 is 19.1 Å². The molecule has 0 radical (unpaired) electrons. The van der Waals surface area contributed by atoms with Gasteiger partial charge in [0.25, 0.3) is 0 Å². The average molecular weight is 273 g/mol. The molecule has 0 saturated carbocycles. The molecule has 0 bridgehead atoms. The fourth-order valence-corrected chi connectivity index (χ4v) is 2.25. The van der Waals surface area contributed by atoms with Crippen LogP contribution in [0.2, 0.25) is 0 Å². The molecule has 112 valence electrons. The van der Waals surface area contributed by atoms with E-state index in [4.69, 9.17) is 14.2 Å². The van der Waals surface area contributed by atoms with E-state index in [1.54, 1.807) is 12.0 Å². The molecule has 0 aliphatic carbocycles. The maximum atomic E-state index is 12.2. The van der Waals surface area contributed by atoms with Crippen LogP contribution in [0.3, 0.4) is 0 Å². The molecular weight excluding hydrogens is 246 g/mol. The first-order valence-electron chi connectivity index (χ1n) is 6.87. The first-order chi connectivity index (χ1) is 8.73. The second-order valence-corrected chi connectivity index (χ2v) is 6.28. The predicted octanol–water partition coefficient (Wildman–Crippen LogP) is 2.44. The van der Waals surface area contributed by atoms with Crippen LogP contribution in [0.1, 0.15) is 41.0 Å². The van der Waals surface area contributed by atoms with E-state index in [1.807, 2.05) is 34.6 Å². The van der Waals surface area contributed by atoms with Crippen molar-refractivity contribution in [3.8, 4) is 0 Å². The Morgan fingerprint density at radius 3 is 2.47 bits per heavy atom. The number of hydrogen-bond acceptors (Lipinski definition) is 4. The lowest BCUT2D eigenvalue weighted by Crippen LogP contribution is -2.42. The van der Waals surface area contributed by atoms with Crippen molar-refractivity contribution in [2.45, 2.75) is 64.9 Å². The molecule has 2 atom stereocenters. The molecule has 1 aliphatic heterocycles. The zero-order valence-corrected chi connectivity index (χ0v) is 12.9. The molecule has 2 unspecified atom stereocenters. The van der Waals surface area contributed by atoms with Gasteiger partial charge in [-0.05, 0) is 41.0 Å². The van der Waals surface area contributed by atoms with Crippen LogP contribution in [0.25, 0.3) is 0 Å². The van der Waals surface area contributed by atoms with E-state index in [0.29, 0.717) is 13.2 Å². The number of rotatable bonds is 4. The van der Waals surface area contributed by atoms with E-state index < -0.39 is 5.60 Å². The molecule has 19 heavy (non-hydrogen) atoms. The smallest absolute Gasteiger partial charge is 0.410 e. The summed E-state index contributed by atoms with van der Waals surface area (Å²) in [5.74, 6) is 0. The van der Waals surface area contributed by atoms with Gasteiger partial charge in [0, 0.05) is 7.11 Å². The minimum atomic E-state index is -0.480. The van der Waals surface area contributed by atoms with Gasteiger partial charge in [-0.1, -0.05) is 0 Å². The van der Waals surface area contributed by atoms with Crippen LogP contribution >= 0.6 is 0 Å². The molecule has 5 nitrogen and oxygen atoms in total. The van der Waals surface area contributed by atoms with Crippen molar-refractivity contribution in [2.24, 2.45) is 0 Å². The summed E-state index contributed by atoms with van der Waals surface area (Å²) in [6.07, 6.45) is 0.731. The molecule has 1 rings (SSSR count). The second-order valence-electron chi connectivity index (χ2n) is 6.28. The van der Waals surface area contributed by atoms with Crippen LogP contribution in [0.15, 0.2) is 0 Å². The van der Waals surface area contributed by atoms with Crippen LogP contribution in [0.5, 0.6) is 0 Å². The van der Waals surface area contributed by atoms with Gasteiger partial charge in [0.15, 0.2) is 0 Å². The topological polar surface area (TPSA) is 48.0 Å². The molecule has 0 spiro atoms. The Morgan fingerprint density at radius 1 is 1.37 bits per heavy atom. The fourth-order valence-electron chi connectivity index (χ4n) is 2.25. The quantitative estimate of drug-likeness (QED) is 0.789. The molecule has 1 saturated heterocycles. The summed E-state index contributed by atoms with van der Waals surface area (Å²) in [4.78, 5) is 13.9. The number of hydrogen-bond donors (Lipinski definition) is 0. The van der Waals surface area contributed by atoms with Crippen molar-refractivity contribution < 1.29 is 19.0 Å². The normalized spacial score (nSPS) is 24.1. The second kappa shape index (κ2) is 6.57. The van der Waals surface area contributed by atoms with Crippen molar-refractivity contribution in [2.75, 3.05) is 20.3 Å². The number of amides is 1. The lowest BCUT2D eigenvalue weighted by Gasteiger charge is -2.28. The Labute approximate surface area is 116 Å². The number of carbonyl (C=O) groups is 1. The Balaban J connectivity index is 2.65. The van der Waals surface area contributed by atoms with Gasteiger partial charge in [-0.25, -0.2) is 4.79 Å². The number of ether oxygens (including phenoxy) is 3. The third-order valence-electron chi connectivity index (χ3n) is 2.83. The molecule has 1 aliphatic rings. The highest BCUT2D eigenvalue weighted by Crippen LogP contribution is 2.24. The van der Waals surface area contributed by atoms with Crippen LogP contribution in [-0.2, 0) is 14.2 Å². The highest BCUT2D eigenvalue weighted by Gasteiger charge is 2.38. The standard InChI is InChI=1S/C14H27NO4/c1-10(2)18-12-7-11(9-17-6)15(8-12)13(16)19-14(3,4)5/h10-12H,7-9H2,1-6H3. The minimum absolute atomic E-state index is 0.0311. The number of likely N-dealkylation sites (tertiary alicyclic amines) is 1. The number of nitrogens with zero attached hydrogens (tertiary/aromatic N) is 1. The van der Waals surface area contributed by atoms with Gasteiger partial charge in [-0.2, -0.15) is 0 Å². The highest BCUT2D eigenvalue weighted by molar-refractivity contribution is 5.69. The number of carbonyl (C=O) groups excluding carboxylic acids is 1. The van der Waals surface area contributed by atoms with Gasteiger partial charge >= 0.3 is 6.09 Å². The summed E-state index contributed by atoms with van der Waals surface area (Å²) >= 11 is 0. The van der Waals surface area contributed by atoms with E-state index in [-0.39, 0.29) is 24.3 Å². The molecule has 0 N–H and O–H groups in total. The number of methoxy groups -OCH3 is 1. The van der Waals surface area contributed by atoms with Crippen molar-refractivity contribution >= 4 is 6.09 Å². The van der Waals surface area contributed by atoms with Crippen LogP contribution in [0, 0.1) is 0 Å². The molecule has 0 aromatic heterocycles. The maximum absolute atomic E-state index is 12.2. The molecule has 5 heteroatoms. The first kappa shape index (κ1) is 16.2. The first-order valence-corrected chi connectivity index (χ1v) is 6.87. The van der Waals surface area contributed by atoms with E-state index in [0.717, 1.165) is 6.42 Å². The maximum Gasteiger partial charge on any atom is 0.410 e. The summed E-state index contributed by atoms with van der Waals surface area (Å²) in [5, 5.41) is 0. The zero-order valence-electron chi connectivity index (χ0n) is 12.9. The van der Waals surface area contributed by atoms with Gasteiger partial charge in [-0.15, -0.1) is 0 Å².